The summed E-state index contributed by atoms with van der Waals surface area (Å²) in [5, 5.41) is 13.4. The number of carbonyl (C=O) groups is 1. The smallest absolute Gasteiger partial charge is 0.255 e. The fourth-order valence-corrected chi connectivity index (χ4v) is 5.11. The number of carbonyl (C=O) groups excluding carboxylic acids is 1. The lowest BCUT2D eigenvalue weighted by Gasteiger charge is -2.36. The summed E-state index contributed by atoms with van der Waals surface area (Å²) in [7, 11) is 1.69. The number of hydrogen-bond acceptors (Lipinski definition) is 7. The van der Waals surface area contributed by atoms with Crippen molar-refractivity contribution >= 4 is 22.6 Å². The third-order valence-corrected chi connectivity index (χ3v) is 7.22. The molecule has 4 aromatic rings. The van der Waals surface area contributed by atoms with Crippen molar-refractivity contribution in [3.05, 3.63) is 88.1 Å². The van der Waals surface area contributed by atoms with Crippen molar-refractivity contribution in [2.75, 3.05) is 51.3 Å². The normalized spacial score (nSPS) is 13.9. The van der Waals surface area contributed by atoms with Crippen molar-refractivity contribution in [1.29, 1.82) is 0 Å². The van der Waals surface area contributed by atoms with E-state index in [4.69, 9.17) is 9.15 Å². The molecule has 1 aliphatic rings. The number of nitrogens with one attached hydrogen (secondary N) is 1. The second-order valence-corrected chi connectivity index (χ2v) is 9.73. The Morgan fingerprint density at radius 3 is 2.49 bits per heavy atom. The molecular formula is C31H33N3O5. The number of piperazine rings is 1. The Morgan fingerprint density at radius 2 is 1.74 bits per heavy atom. The van der Waals surface area contributed by atoms with Crippen molar-refractivity contribution in [2.45, 2.75) is 13.3 Å². The molecule has 2 N–H and O–H groups in total. The van der Waals surface area contributed by atoms with Crippen LogP contribution in [0.4, 0.5) is 5.69 Å². The number of nitrogens with zero attached hydrogens (tertiary/aromatic N) is 2. The van der Waals surface area contributed by atoms with Gasteiger partial charge in [0.05, 0.1) is 23.7 Å². The van der Waals surface area contributed by atoms with Gasteiger partial charge in [0.25, 0.3) is 5.91 Å². The predicted molar refractivity (Wildman–Crippen MR) is 153 cm³/mol. The molecule has 3 aromatic carbocycles. The molecule has 0 aliphatic carbocycles. The van der Waals surface area contributed by atoms with Crippen LogP contribution in [0, 0.1) is 6.92 Å². The maximum atomic E-state index is 13.1. The molecule has 5 rings (SSSR count). The largest absolute Gasteiger partial charge is 0.508 e. The predicted octanol–water partition coefficient (Wildman–Crippen LogP) is 4.42. The van der Waals surface area contributed by atoms with Gasteiger partial charge in [0.15, 0.2) is 11.0 Å². The number of anilines is 1. The lowest BCUT2D eigenvalue weighted by Crippen LogP contribution is -2.47. The van der Waals surface area contributed by atoms with Crippen molar-refractivity contribution in [3.63, 3.8) is 0 Å². The van der Waals surface area contributed by atoms with Gasteiger partial charge in [0.2, 0.25) is 0 Å². The molecule has 1 saturated heterocycles. The van der Waals surface area contributed by atoms with Crippen molar-refractivity contribution in [1.82, 2.24) is 10.2 Å². The molecule has 202 valence electrons. The number of hydrogen-bond donors (Lipinski definition) is 2. The number of rotatable bonds is 8. The van der Waals surface area contributed by atoms with Gasteiger partial charge in [-0.3, -0.25) is 14.5 Å². The van der Waals surface area contributed by atoms with Gasteiger partial charge in [-0.2, -0.15) is 0 Å². The Balaban J connectivity index is 1.22. The SMILES string of the molecule is COc1ccccc1N1CCN(CCCNC(=O)c2cc(O)cc3c(=O)c(C)c(-c4ccccc4)oc23)CC1. The number of ether oxygens (including phenoxy) is 1. The first-order valence-corrected chi connectivity index (χ1v) is 13.2. The zero-order valence-electron chi connectivity index (χ0n) is 22.3. The van der Waals surface area contributed by atoms with Gasteiger partial charge in [-0.15, -0.1) is 0 Å². The lowest BCUT2D eigenvalue weighted by atomic mass is 10.0. The van der Waals surface area contributed by atoms with Crippen molar-refractivity contribution in [2.24, 2.45) is 0 Å². The van der Waals surface area contributed by atoms with E-state index in [1.807, 2.05) is 48.5 Å². The summed E-state index contributed by atoms with van der Waals surface area (Å²) in [6.07, 6.45) is 0.773. The van der Waals surface area contributed by atoms with Gasteiger partial charge in [-0.1, -0.05) is 42.5 Å². The Morgan fingerprint density at radius 1 is 1.03 bits per heavy atom. The quantitative estimate of drug-likeness (QED) is 0.328. The minimum Gasteiger partial charge on any atom is -0.508 e. The average Bonchev–Trinajstić information content (AvgIpc) is 2.97. The summed E-state index contributed by atoms with van der Waals surface area (Å²) in [6, 6.07) is 20.1. The molecule has 1 aromatic heterocycles. The van der Waals surface area contributed by atoms with E-state index in [1.54, 1.807) is 14.0 Å². The van der Waals surface area contributed by atoms with E-state index >= 15 is 0 Å². The van der Waals surface area contributed by atoms with Crippen LogP contribution in [-0.4, -0.2) is 62.3 Å². The molecule has 0 unspecified atom stereocenters. The molecule has 1 amide bonds. The number of benzene rings is 3. The van der Waals surface area contributed by atoms with Crippen LogP contribution in [0.5, 0.6) is 11.5 Å². The highest BCUT2D eigenvalue weighted by atomic mass is 16.5. The molecule has 8 heteroatoms. The van der Waals surface area contributed by atoms with Crippen LogP contribution < -0.4 is 20.4 Å². The summed E-state index contributed by atoms with van der Waals surface area (Å²) < 4.78 is 11.6. The third-order valence-electron chi connectivity index (χ3n) is 7.22. The van der Waals surface area contributed by atoms with Crippen LogP contribution in [-0.2, 0) is 0 Å². The fraction of sp³-hybridized carbons (Fsp3) is 0.290. The highest BCUT2D eigenvalue weighted by Gasteiger charge is 2.21. The number of methoxy groups -OCH3 is 1. The maximum Gasteiger partial charge on any atom is 0.255 e. The highest BCUT2D eigenvalue weighted by molar-refractivity contribution is 6.05. The van der Waals surface area contributed by atoms with E-state index < -0.39 is 0 Å². The zero-order chi connectivity index (χ0) is 27.4. The summed E-state index contributed by atoms with van der Waals surface area (Å²) >= 11 is 0. The number of fused-ring (bicyclic) bond motifs is 1. The number of phenolic OH excluding ortho intramolecular Hbond substituents is 1. The molecule has 39 heavy (non-hydrogen) atoms. The standard InChI is InChI=1S/C31H33N3O5/c1-21-28(36)24-19-23(35)20-25(30(24)39-29(21)22-9-4-3-5-10-22)31(37)32-13-8-14-33-15-17-34(18-16-33)26-11-6-7-12-27(26)38-2/h3-7,9-12,19-20,35H,8,13-18H2,1-2H3,(H,32,37). The van der Waals surface area contributed by atoms with Crippen molar-refractivity contribution in [3.8, 4) is 22.8 Å². The Hall–Kier alpha value is -4.30. The second kappa shape index (κ2) is 11.6. The van der Waals surface area contributed by atoms with E-state index in [-0.39, 0.29) is 33.6 Å². The fourth-order valence-electron chi connectivity index (χ4n) is 5.11. The molecule has 0 radical (unpaired) electrons. The van der Waals surface area contributed by atoms with Gasteiger partial charge >= 0.3 is 0 Å². The summed E-state index contributed by atoms with van der Waals surface area (Å²) in [4.78, 5) is 31.0. The van der Waals surface area contributed by atoms with Crippen LogP contribution in [0.3, 0.4) is 0 Å². The average molecular weight is 528 g/mol. The number of para-hydroxylation sites is 2. The van der Waals surface area contributed by atoms with E-state index in [0.717, 1.165) is 56.1 Å². The van der Waals surface area contributed by atoms with Crippen LogP contribution >= 0.6 is 0 Å². The van der Waals surface area contributed by atoms with Crippen LogP contribution in [0.2, 0.25) is 0 Å². The van der Waals surface area contributed by atoms with Crippen LogP contribution in [0.15, 0.2) is 75.9 Å². The maximum absolute atomic E-state index is 13.1. The first-order valence-electron chi connectivity index (χ1n) is 13.2. The lowest BCUT2D eigenvalue weighted by molar-refractivity contribution is 0.0951. The molecule has 0 saturated carbocycles. The molecular weight excluding hydrogens is 494 g/mol. The summed E-state index contributed by atoms with van der Waals surface area (Å²) in [5.41, 5.74) is 2.34. The first-order chi connectivity index (χ1) is 19.0. The van der Waals surface area contributed by atoms with E-state index in [2.05, 4.69) is 21.2 Å². The number of amides is 1. The Bertz CT molecular complexity index is 1530. The molecule has 8 nitrogen and oxygen atoms in total. The van der Waals surface area contributed by atoms with E-state index in [1.165, 1.54) is 12.1 Å². The third kappa shape index (κ3) is 5.61. The summed E-state index contributed by atoms with van der Waals surface area (Å²) in [6.45, 7) is 6.67. The monoisotopic (exact) mass is 527 g/mol. The van der Waals surface area contributed by atoms with E-state index in [9.17, 15) is 14.7 Å². The van der Waals surface area contributed by atoms with Crippen molar-refractivity contribution < 1.29 is 19.1 Å². The zero-order valence-corrected chi connectivity index (χ0v) is 22.3. The molecule has 0 atom stereocenters. The summed E-state index contributed by atoms with van der Waals surface area (Å²) in [5.74, 6) is 0.762. The second-order valence-electron chi connectivity index (χ2n) is 9.73. The molecule has 0 bridgehead atoms. The van der Waals surface area contributed by atoms with E-state index in [0.29, 0.717) is 17.9 Å². The molecule has 0 spiro atoms. The van der Waals surface area contributed by atoms with Gasteiger partial charge in [-0.25, -0.2) is 0 Å². The minimum absolute atomic E-state index is 0.143. The van der Waals surface area contributed by atoms with Gasteiger partial charge in [-0.05, 0) is 44.2 Å². The molecule has 2 heterocycles. The minimum atomic E-state index is -0.386. The van der Waals surface area contributed by atoms with Gasteiger partial charge in [0, 0.05) is 43.9 Å². The van der Waals surface area contributed by atoms with Crippen LogP contribution in [0.25, 0.3) is 22.3 Å². The topological polar surface area (TPSA) is 95.3 Å². The van der Waals surface area contributed by atoms with Crippen LogP contribution in [0.1, 0.15) is 22.3 Å². The molecule has 1 aliphatic heterocycles. The van der Waals surface area contributed by atoms with Gasteiger partial charge in [0.1, 0.15) is 17.3 Å². The first kappa shape index (κ1) is 26.3. The Kier molecular flexibility index (Phi) is 7.84. The molecule has 1 fully saturated rings. The Labute approximate surface area is 227 Å². The highest BCUT2D eigenvalue weighted by Crippen LogP contribution is 2.30. The van der Waals surface area contributed by atoms with Gasteiger partial charge < -0.3 is 24.5 Å². The number of aromatic hydroxyl groups is 1. The number of phenols is 1.